The molecule has 1 aliphatic rings. The van der Waals surface area contributed by atoms with Crippen molar-refractivity contribution >= 4 is 60.9 Å². The van der Waals surface area contributed by atoms with E-state index in [4.69, 9.17) is 0 Å². The van der Waals surface area contributed by atoms with Gasteiger partial charge in [0.15, 0.2) is 0 Å². The van der Waals surface area contributed by atoms with Gasteiger partial charge >= 0.3 is 0 Å². The first-order chi connectivity index (χ1) is 10.5. The van der Waals surface area contributed by atoms with E-state index >= 15 is 0 Å². The first kappa shape index (κ1) is 20.4. The van der Waals surface area contributed by atoms with Gasteiger partial charge < -0.3 is 0 Å². The summed E-state index contributed by atoms with van der Waals surface area (Å²) in [5, 5.41) is 2.14. The molecule has 0 radical (unpaired) electrons. The minimum absolute atomic E-state index is 1.22. The summed E-state index contributed by atoms with van der Waals surface area (Å²) in [7, 11) is 11.3. The molecule has 0 unspecified atom stereocenters. The van der Waals surface area contributed by atoms with E-state index in [2.05, 4.69) is 35.8 Å². The van der Waals surface area contributed by atoms with E-state index in [1.807, 2.05) is 50.1 Å². The minimum Gasteiger partial charge on any atom is -0.0845 e. The van der Waals surface area contributed by atoms with Crippen LogP contribution >= 0.6 is 60.9 Å². The van der Waals surface area contributed by atoms with Crippen LogP contribution in [-0.4, -0.2) is 5.75 Å². The Balaban J connectivity index is 2.17. The van der Waals surface area contributed by atoms with Crippen molar-refractivity contribution in [3.05, 3.63) is 35.8 Å². The zero-order valence-corrected chi connectivity index (χ0v) is 17.2. The first-order valence-electron chi connectivity index (χ1n) is 7.43. The summed E-state index contributed by atoms with van der Waals surface area (Å²) in [6, 6.07) is 0. The summed E-state index contributed by atoms with van der Waals surface area (Å²) >= 11 is 0. The first-order valence-corrected chi connectivity index (χ1v) is 15.1. The molecule has 0 aromatic carbocycles. The maximum absolute atomic E-state index is 2.29. The quantitative estimate of drug-likeness (QED) is 0.373. The smallest absolute Gasteiger partial charge is 0.00454 e. The molecule has 0 saturated carbocycles. The van der Waals surface area contributed by atoms with Crippen LogP contribution in [0.4, 0.5) is 0 Å². The molecule has 1 rings (SSSR count). The van der Waals surface area contributed by atoms with Crippen molar-refractivity contribution in [1.29, 1.82) is 0 Å². The third-order valence-corrected chi connectivity index (χ3v) is 13.4. The van der Waals surface area contributed by atoms with Crippen molar-refractivity contribution in [2.75, 3.05) is 5.75 Å². The predicted molar refractivity (Wildman–Crippen MR) is 115 cm³/mol. The lowest BCUT2D eigenvalue weighted by atomic mass is 10.1. The normalized spacial score (nSPS) is 21.7. The summed E-state index contributed by atoms with van der Waals surface area (Å²) in [6.07, 6.45) is 21.8. The van der Waals surface area contributed by atoms with E-state index in [1.165, 1.54) is 57.1 Å². The SMILES string of the molecule is C1=CC=CSSSSSSCCCCCCCCCC=C1. The third kappa shape index (κ3) is 16.0. The van der Waals surface area contributed by atoms with Crippen molar-refractivity contribution in [2.45, 2.75) is 51.4 Å². The number of allylic oxidation sites excluding steroid dienone is 5. The molecule has 0 spiro atoms. The maximum atomic E-state index is 2.29. The second-order valence-electron chi connectivity index (χ2n) is 4.60. The fourth-order valence-electron chi connectivity index (χ4n) is 1.80. The van der Waals surface area contributed by atoms with E-state index in [1.54, 1.807) is 10.8 Å². The Morgan fingerprint density at radius 3 is 2.19 bits per heavy atom. The predicted octanol–water partition coefficient (Wildman–Crippen LogP) is 8.72. The average molecular weight is 397 g/mol. The molecule has 0 amide bonds. The van der Waals surface area contributed by atoms with Gasteiger partial charge in [0.1, 0.15) is 0 Å². The summed E-state index contributed by atoms with van der Waals surface area (Å²) in [4.78, 5) is 0. The van der Waals surface area contributed by atoms with Crippen molar-refractivity contribution in [2.24, 2.45) is 0 Å². The molecule has 0 fully saturated rings. The monoisotopic (exact) mass is 396 g/mol. The van der Waals surface area contributed by atoms with Gasteiger partial charge in [-0.2, -0.15) is 0 Å². The van der Waals surface area contributed by atoms with Gasteiger partial charge in [-0.3, -0.25) is 0 Å². The molecule has 21 heavy (non-hydrogen) atoms. The molecule has 0 atom stereocenters. The molecule has 1 aliphatic heterocycles. The molecule has 120 valence electrons. The van der Waals surface area contributed by atoms with Gasteiger partial charge in [0.25, 0.3) is 0 Å². The highest BCUT2D eigenvalue weighted by molar-refractivity contribution is 9.42. The Morgan fingerprint density at radius 2 is 1.29 bits per heavy atom. The number of hydrogen-bond acceptors (Lipinski definition) is 6. The molecule has 0 nitrogen and oxygen atoms in total. The lowest BCUT2D eigenvalue weighted by molar-refractivity contribution is 0.593. The molecule has 0 saturated heterocycles. The van der Waals surface area contributed by atoms with Crippen molar-refractivity contribution in [3.8, 4) is 0 Å². The highest BCUT2D eigenvalue weighted by Crippen LogP contribution is 2.52. The molecule has 6 heteroatoms. The third-order valence-electron chi connectivity index (χ3n) is 2.87. The van der Waals surface area contributed by atoms with Gasteiger partial charge in [-0.25, -0.2) is 0 Å². The topological polar surface area (TPSA) is 0 Å². The highest BCUT2D eigenvalue weighted by Gasteiger charge is 1.95. The van der Waals surface area contributed by atoms with E-state index in [0.717, 1.165) is 0 Å². The summed E-state index contributed by atoms with van der Waals surface area (Å²) in [5.41, 5.74) is 0. The Labute approximate surface area is 153 Å². The average Bonchev–Trinajstić information content (AvgIpc) is 2.50. The van der Waals surface area contributed by atoms with Gasteiger partial charge in [0.05, 0.1) is 0 Å². The highest BCUT2D eigenvalue weighted by atomic mass is 33.9. The zero-order valence-electron chi connectivity index (χ0n) is 12.3. The second-order valence-corrected chi connectivity index (χ2v) is 14.1. The van der Waals surface area contributed by atoms with E-state index in [0.29, 0.717) is 0 Å². The Morgan fingerprint density at radius 1 is 0.571 bits per heavy atom. The molecule has 0 aliphatic carbocycles. The van der Waals surface area contributed by atoms with Crippen molar-refractivity contribution in [3.63, 3.8) is 0 Å². The van der Waals surface area contributed by atoms with Gasteiger partial charge in [-0.05, 0) is 64.0 Å². The van der Waals surface area contributed by atoms with Crippen LogP contribution in [0, 0.1) is 0 Å². The lowest BCUT2D eigenvalue weighted by Gasteiger charge is -2.01. The van der Waals surface area contributed by atoms with Crippen LogP contribution in [-0.2, 0) is 0 Å². The molecule has 0 bridgehead atoms. The second kappa shape index (κ2) is 17.7. The minimum atomic E-state index is 1.22. The molecular weight excluding hydrogens is 373 g/mol. The van der Waals surface area contributed by atoms with Crippen LogP contribution < -0.4 is 0 Å². The van der Waals surface area contributed by atoms with Gasteiger partial charge in [-0.15, -0.1) is 0 Å². The standard InChI is InChI=1S/C15H24S6/c1-2-4-6-8-10-12-14-16-18-20-21-19-17-15-13-11-9-7-5-3-1/h4,6,8,10,12,14H,1-3,5,7,9,11,13,15H2. The Kier molecular flexibility index (Phi) is 17.1. The van der Waals surface area contributed by atoms with Gasteiger partial charge in [-0.1, -0.05) is 84.1 Å². The van der Waals surface area contributed by atoms with Crippen LogP contribution in [0.5, 0.6) is 0 Å². The van der Waals surface area contributed by atoms with Crippen LogP contribution in [0.2, 0.25) is 0 Å². The molecule has 0 aromatic rings. The van der Waals surface area contributed by atoms with Gasteiger partial charge in [0.2, 0.25) is 0 Å². The summed E-state index contributed by atoms with van der Waals surface area (Å²) in [5.74, 6) is 1.30. The van der Waals surface area contributed by atoms with Crippen molar-refractivity contribution in [1.82, 2.24) is 0 Å². The van der Waals surface area contributed by atoms with Crippen LogP contribution in [0.15, 0.2) is 35.8 Å². The largest absolute Gasteiger partial charge is 0.0845 e. The summed E-state index contributed by atoms with van der Waals surface area (Å²) < 4.78 is 0. The molecule has 1 heterocycles. The van der Waals surface area contributed by atoms with Crippen LogP contribution in [0.25, 0.3) is 0 Å². The fraction of sp³-hybridized carbons (Fsp3) is 0.600. The summed E-state index contributed by atoms with van der Waals surface area (Å²) in [6.45, 7) is 0. The molecule has 0 N–H and O–H groups in total. The maximum Gasteiger partial charge on any atom is 0.00454 e. The number of rotatable bonds is 0. The zero-order chi connectivity index (χ0) is 14.8. The van der Waals surface area contributed by atoms with Crippen LogP contribution in [0.3, 0.4) is 0 Å². The van der Waals surface area contributed by atoms with Crippen LogP contribution in [0.1, 0.15) is 51.4 Å². The molecular formula is C15H24S6. The molecule has 0 aromatic heterocycles. The van der Waals surface area contributed by atoms with E-state index in [9.17, 15) is 0 Å². The number of hydrogen-bond donors (Lipinski definition) is 0. The van der Waals surface area contributed by atoms with Crippen molar-refractivity contribution < 1.29 is 0 Å². The lowest BCUT2D eigenvalue weighted by Crippen LogP contribution is -1.81. The van der Waals surface area contributed by atoms with E-state index < -0.39 is 0 Å². The van der Waals surface area contributed by atoms with Gasteiger partial charge in [0, 0.05) is 5.75 Å². The Bertz CT molecular complexity index is 273. The van der Waals surface area contributed by atoms with E-state index in [-0.39, 0.29) is 0 Å². The fourth-order valence-corrected chi connectivity index (χ4v) is 12.6. The Hall–Kier alpha value is 1.32.